The molecule has 106 valence electrons. The summed E-state index contributed by atoms with van der Waals surface area (Å²) < 4.78 is 1.56. The summed E-state index contributed by atoms with van der Waals surface area (Å²) in [5, 5.41) is 22.0. The van der Waals surface area contributed by atoms with Crippen molar-refractivity contribution in [2.24, 2.45) is 0 Å². The van der Waals surface area contributed by atoms with Crippen molar-refractivity contribution in [3.8, 4) is 17.8 Å². The van der Waals surface area contributed by atoms with Gasteiger partial charge in [-0.15, -0.1) is 0 Å². The van der Waals surface area contributed by atoms with Gasteiger partial charge in [-0.05, 0) is 30.7 Å². The number of halogens is 1. The average molecular weight is 300 g/mol. The Morgan fingerprint density at radius 2 is 2.14 bits per heavy atom. The number of hydrogen-bond donors (Lipinski definition) is 1. The lowest BCUT2D eigenvalue weighted by atomic mass is 10.2. The summed E-state index contributed by atoms with van der Waals surface area (Å²) in [6, 6.07) is 9.43. The van der Waals surface area contributed by atoms with Gasteiger partial charge in [-0.3, -0.25) is 4.57 Å². The Hall–Kier alpha value is -2.34. The van der Waals surface area contributed by atoms with Crippen molar-refractivity contribution < 1.29 is 0 Å². The number of aromatic nitrogens is 2. The monoisotopic (exact) mass is 299 g/mol. The molecule has 21 heavy (non-hydrogen) atoms. The van der Waals surface area contributed by atoms with Crippen molar-refractivity contribution in [3.63, 3.8) is 0 Å². The Morgan fingerprint density at radius 3 is 2.76 bits per heavy atom. The Bertz CT molecular complexity index is 721. The van der Waals surface area contributed by atoms with E-state index in [1.54, 1.807) is 10.6 Å². The molecule has 1 aromatic carbocycles. The van der Waals surface area contributed by atoms with E-state index in [-0.39, 0.29) is 11.4 Å². The molecule has 0 unspecified atom stereocenters. The molecule has 5 nitrogen and oxygen atoms in total. The summed E-state index contributed by atoms with van der Waals surface area (Å²) in [4.78, 5) is 3.92. The number of nitriles is 2. The number of imidazole rings is 1. The van der Waals surface area contributed by atoms with Gasteiger partial charge in [-0.2, -0.15) is 10.5 Å². The lowest BCUT2D eigenvalue weighted by Gasteiger charge is -2.09. The maximum absolute atomic E-state index is 9.14. The number of benzene rings is 1. The van der Waals surface area contributed by atoms with Crippen LogP contribution in [-0.4, -0.2) is 16.1 Å². The van der Waals surface area contributed by atoms with Gasteiger partial charge in [0.25, 0.3) is 0 Å². The fourth-order valence-corrected chi connectivity index (χ4v) is 2.20. The molecule has 0 bridgehead atoms. The van der Waals surface area contributed by atoms with Gasteiger partial charge in [0.15, 0.2) is 11.4 Å². The quantitative estimate of drug-likeness (QED) is 0.861. The molecule has 0 aliphatic heterocycles. The Kier molecular flexibility index (Phi) is 4.94. The predicted molar refractivity (Wildman–Crippen MR) is 80.0 cm³/mol. The van der Waals surface area contributed by atoms with E-state index in [0.29, 0.717) is 17.3 Å². The van der Waals surface area contributed by atoms with Crippen molar-refractivity contribution in [3.05, 3.63) is 46.5 Å². The highest BCUT2D eigenvalue weighted by Crippen LogP contribution is 2.22. The van der Waals surface area contributed by atoms with E-state index in [2.05, 4.69) is 17.2 Å². The summed E-state index contributed by atoms with van der Waals surface area (Å²) in [5.74, 6) is 0. The number of rotatable bonds is 5. The van der Waals surface area contributed by atoms with E-state index < -0.39 is 0 Å². The molecular weight excluding hydrogens is 286 g/mol. The van der Waals surface area contributed by atoms with Crippen LogP contribution in [0.2, 0.25) is 5.02 Å². The summed E-state index contributed by atoms with van der Waals surface area (Å²) in [6.07, 6.45) is 2.52. The Labute approximate surface area is 128 Å². The van der Waals surface area contributed by atoms with E-state index >= 15 is 0 Å². The molecule has 0 saturated heterocycles. The van der Waals surface area contributed by atoms with Gasteiger partial charge >= 0.3 is 0 Å². The third-order valence-corrected chi connectivity index (χ3v) is 3.39. The van der Waals surface area contributed by atoms with Gasteiger partial charge in [0.05, 0.1) is 0 Å². The summed E-state index contributed by atoms with van der Waals surface area (Å²) in [5.41, 5.74) is 2.03. The zero-order valence-corrected chi connectivity index (χ0v) is 12.4. The van der Waals surface area contributed by atoms with Crippen molar-refractivity contribution in [1.29, 1.82) is 10.5 Å². The fraction of sp³-hybridized carbons (Fsp3) is 0.267. The minimum atomic E-state index is 0.113. The third-order valence-electron chi connectivity index (χ3n) is 3.04. The molecule has 0 fully saturated rings. The molecule has 1 aromatic heterocycles. The lowest BCUT2D eigenvalue weighted by molar-refractivity contribution is 0.675. The maximum Gasteiger partial charge on any atom is 0.177 e. The molecule has 0 aliphatic rings. The highest BCUT2D eigenvalue weighted by Gasteiger charge is 2.12. The van der Waals surface area contributed by atoms with Crippen molar-refractivity contribution in [2.75, 3.05) is 6.54 Å². The normalized spacial score (nSPS) is 10.1. The minimum Gasteiger partial charge on any atom is -0.313 e. The molecule has 6 heteroatoms. The first-order valence-corrected chi connectivity index (χ1v) is 6.96. The molecular formula is C15H14ClN5. The van der Waals surface area contributed by atoms with Gasteiger partial charge in [-0.1, -0.05) is 24.6 Å². The minimum absolute atomic E-state index is 0.113. The second kappa shape index (κ2) is 6.90. The van der Waals surface area contributed by atoms with E-state index in [0.717, 1.165) is 18.5 Å². The van der Waals surface area contributed by atoms with Crippen molar-refractivity contribution in [2.45, 2.75) is 19.9 Å². The van der Waals surface area contributed by atoms with Crippen LogP contribution in [0.1, 0.15) is 30.3 Å². The van der Waals surface area contributed by atoms with E-state index in [9.17, 15) is 0 Å². The standard InChI is InChI=1S/C15H14ClN5/c1-2-5-19-9-11-3-4-12(6-13(11)16)21-10-20-14(7-17)15(21)8-18/h3-4,6,10,19H,2,5,9H2,1H3. The number of nitrogens with zero attached hydrogens (tertiary/aromatic N) is 4. The highest BCUT2D eigenvalue weighted by atomic mass is 35.5. The van der Waals surface area contributed by atoms with E-state index in [4.69, 9.17) is 22.1 Å². The molecule has 0 atom stereocenters. The Balaban J connectivity index is 2.31. The SMILES string of the molecule is CCCNCc1ccc(-n2cnc(C#N)c2C#N)cc1Cl. The zero-order valence-electron chi connectivity index (χ0n) is 11.6. The second-order valence-electron chi connectivity index (χ2n) is 4.49. The zero-order chi connectivity index (χ0) is 15.2. The Morgan fingerprint density at radius 1 is 1.33 bits per heavy atom. The van der Waals surface area contributed by atoms with Crippen molar-refractivity contribution in [1.82, 2.24) is 14.9 Å². The van der Waals surface area contributed by atoms with Gasteiger partial charge in [-0.25, -0.2) is 4.98 Å². The largest absolute Gasteiger partial charge is 0.313 e. The average Bonchev–Trinajstić information content (AvgIpc) is 2.92. The van der Waals surface area contributed by atoms with Crippen molar-refractivity contribution >= 4 is 11.6 Å². The first kappa shape index (κ1) is 15.1. The van der Waals surface area contributed by atoms with Gasteiger partial charge in [0, 0.05) is 17.3 Å². The van der Waals surface area contributed by atoms with Gasteiger partial charge in [0.1, 0.15) is 18.5 Å². The van der Waals surface area contributed by atoms with E-state index in [1.165, 1.54) is 6.33 Å². The first-order valence-electron chi connectivity index (χ1n) is 6.58. The molecule has 2 aromatic rings. The van der Waals surface area contributed by atoms with Crippen LogP contribution in [0.4, 0.5) is 0 Å². The van der Waals surface area contributed by atoms with Crippen LogP contribution in [0.25, 0.3) is 5.69 Å². The first-order chi connectivity index (χ1) is 10.2. The smallest absolute Gasteiger partial charge is 0.177 e. The van der Waals surface area contributed by atoms with Gasteiger partial charge < -0.3 is 5.32 Å². The molecule has 1 heterocycles. The molecule has 0 radical (unpaired) electrons. The topological polar surface area (TPSA) is 77.4 Å². The van der Waals surface area contributed by atoms with Crippen LogP contribution in [0.15, 0.2) is 24.5 Å². The fourth-order valence-electron chi connectivity index (χ4n) is 1.96. The molecule has 0 saturated carbocycles. The molecule has 0 amide bonds. The van der Waals surface area contributed by atoms with Crippen LogP contribution in [0.3, 0.4) is 0 Å². The molecule has 1 N–H and O–H groups in total. The summed E-state index contributed by atoms with van der Waals surface area (Å²) >= 11 is 6.27. The maximum atomic E-state index is 9.14. The highest BCUT2D eigenvalue weighted by molar-refractivity contribution is 6.31. The predicted octanol–water partition coefficient (Wildman–Crippen LogP) is 2.77. The molecule has 2 rings (SSSR count). The van der Waals surface area contributed by atoms with Crippen LogP contribution in [-0.2, 0) is 6.54 Å². The van der Waals surface area contributed by atoms with Crippen LogP contribution >= 0.6 is 11.6 Å². The summed E-state index contributed by atoms with van der Waals surface area (Å²) in [6.45, 7) is 3.74. The van der Waals surface area contributed by atoms with Gasteiger partial charge in [0.2, 0.25) is 0 Å². The third kappa shape index (κ3) is 3.22. The van der Waals surface area contributed by atoms with Crippen LogP contribution in [0.5, 0.6) is 0 Å². The molecule has 0 spiro atoms. The van der Waals surface area contributed by atoms with Crippen LogP contribution < -0.4 is 5.32 Å². The van der Waals surface area contributed by atoms with E-state index in [1.807, 2.05) is 24.3 Å². The lowest BCUT2D eigenvalue weighted by Crippen LogP contribution is -2.14. The van der Waals surface area contributed by atoms with Crippen LogP contribution in [0, 0.1) is 22.7 Å². The summed E-state index contributed by atoms with van der Waals surface area (Å²) in [7, 11) is 0. The number of hydrogen-bond acceptors (Lipinski definition) is 4. The molecule has 0 aliphatic carbocycles. The second-order valence-corrected chi connectivity index (χ2v) is 4.90. The number of nitrogens with one attached hydrogen (secondary N) is 1.